The molecule has 1 N–H and O–H groups in total. The summed E-state index contributed by atoms with van der Waals surface area (Å²) in [5, 5.41) is 19.3. The van der Waals surface area contributed by atoms with Gasteiger partial charge >= 0.3 is 12.4 Å². The Kier molecular flexibility index (Phi) is 7.84. The van der Waals surface area contributed by atoms with Gasteiger partial charge in [-0.1, -0.05) is 26.0 Å². The summed E-state index contributed by atoms with van der Waals surface area (Å²) in [5.74, 6) is -0.505. The fraction of sp³-hybridized carbons (Fsp3) is 0.462. The normalized spacial score (nSPS) is 15.7. The highest BCUT2D eigenvalue weighted by Crippen LogP contribution is 2.50. The van der Waals surface area contributed by atoms with Crippen LogP contribution in [0.15, 0.2) is 35.9 Å². The first-order valence-corrected chi connectivity index (χ1v) is 11.7. The van der Waals surface area contributed by atoms with E-state index < -0.39 is 23.5 Å². The largest absolute Gasteiger partial charge is 0.430 e. The number of benzene rings is 1. The standard InChI is InChI=1S/C26H27F6N3O2/c1-16(2)22-14-18(13-19(15-33)23(36)34-11-5-4-6-12-34)17(3)35(22)21-9-7-20(8-10-21)24(37,25(27,28)29)26(30,31)32/h7-10,13-14,16,37H,4-6,11-12H2,1-3H3/b19-13+. The highest BCUT2D eigenvalue weighted by atomic mass is 19.4. The number of alkyl halides is 6. The quantitative estimate of drug-likeness (QED) is 0.289. The fourth-order valence-electron chi connectivity index (χ4n) is 4.47. The number of amides is 1. The van der Waals surface area contributed by atoms with Gasteiger partial charge in [-0.15, -0.1) is 0 Å². The Morgan fingerprint density at radius 2 is 1.57 bits per heavy atom. The van der Waals surface area contributed by atoms with Crippen LogP contribution in [0.1, 0.15) is 61.5 Å². The highest BCUT2D eigenvalue weighted by Gasteiger charge is 2.71. The van der Waals surface area contributed by atoms with Gasteiger partial charge in [0.2, 0.25) is 0 Å². The molecule has 1 aliphatic heterocycles. The lowest BCUT2D eigenvalue weighted by atomic mass is 9.92. The maximum absolute atomic E-state index is 13.3. The Labute approximate surface area is 210 Å². The molecule has 200 valence electrons. The smallest absolute Gasteiger partial charge is 0.369 e. The summed E-state index contributed by atoms with van der Waals surface area (Å²) in [7, 11) is 0. The third-order valence-corrected chi connectivity index (χ3v) is 6.56. The van der Waals surface area contributed by atoms with Crippen LogP contribution >= 0.6 is 0 Å². The first kappa shape index (κ1) is 28.3. The molecule has 0 saturated carbocycles. The van der Waals surface area contributed by atoms with Gasteiger partial charge < -0.3 is 14.6 Å². The van der Waals surface area contributed by atoms with Crippen LogP contribution in [-0.4, -0.2) is 45.9 Å². The molecule has 1 aliphatic rings. The molecule has 1 amide bonds. The van der Waals surface area contributed by atoms with E-state index in [1.165, 1.54) is 6.08 Å². The topological polar surface area (TPSA) is 69.3 Å². The molecule has 1 aromatic heterocycles. The van der Waals surface area contributed by atoms with Crippen molar-refractivity contribution in [2.24, 2.45) is 0 Å². The minimum absolute atomic E-state index is 0.0618. The average Bonchev–Trinajstić information content (AvgIpc) is 3.16. The minimum atomic E-state index is -5.98. The Hall–Kier alpha value is -3.26. The van der Waals surface area contributed by atoms with Gasteiger partial charge in [0.05, 0.1) is 0 Å². The SMILES string of the molecule is Cc1c(/C=C(\C#N)C(=O)N2CCCCC2)cc(C(C)C)n1-c1ccc(C(O)(C(F)(F)F)C(F)(F)F)cc1. The van der Waals surface area contributed by atoms with Crippen molar-refractivity contribution < 1.29 is 36.2 Å². The number of piperidine rings is 1. The molecule has 2 heterocycles. The van der Waals surface area contributed by atoms with Crippen LogP contribution in [0.25, 0.3) is 11.8 Å². The van der Waals surface area contributed by atoms with Crippen molar-refractivity contribution in [2.45, 2.75) is 63.9 Å². The maximum Gasteiger partial charge on any atom is 0.430 e. The van der Waals surface area contributed by atoms with Crippen molar-refractivity contribution in [3.63, 3.8) is 0 Å². The fourth-order valence-corrected chi connectivity index (χ4v) is 4.47. The summed E-state index contributed by atoms with van der Waals surface area (Å²) >= 11 is 0. The average molecular weight is 528 g/mol. The number of aliphatic hydroxyl groups is 1. The molecule has 0 atom stereocenters. The van der Waals surface area contributed by atoms with Crippen molar-refractivity contribution in [2.75, 3.05) is 13.1 Å². The minimum Gasteiger partial charge on any atom is -0.369 e. The monoisotopic (exact) mass is 527 g/mol. The molecule has 5 nitrogen and oxygen atoms in total. The van der Waals surface area contributed by atoms with Crippen molar-refractivity contribution in [3.05, 3.63) is 58.4 Å². The molecule has 0 unspecified atom stereocenters. The molecule has 11 heteroatoms. The summed E-state index contributed by atoms with van der Waals surface area (Å²) in [6.07, 6.45) is -7.79. The third-order valence-electron chi connectivity index (χ3n) is 6.56. The molecule has 0 bridgehead atoms. The molecule has 0 spiro atoms. The van der Waals surface area contributed by atoms with Crippen LogP contribution in [0.3, 0.4) is 0 Å². The molecule has 37 heavy (non-hydrogen) atoms. The summed E-state index contributed by atoms with van der Waals surface area (Å²) < 4.78 is 81.2. The summed E-state index contributed by atoms with van der Waals surface area (Å²) in [6.45, 7) is 6.49. The summed E-state index contributed by atoms with van der Waals surface area (Å²) in [4.78, 5) is 14.5. The number of nitriles is 1. The Morgan fingerprint density at radius 3 is 2.03 bits per heavy atom. The Morgan fingerprint density at radius 1 is 1.03 bits per heavy atom. The second kappa shape index (κ2) is 10.2. The number of halogens is 6. The number of rotatable bonds is 5. The van der Waals surface area contributed by atoms with E-state index in [-0.39, 0.29) is 23.1 Å². The van der Waals surface area contributed by atoms with Crippen molar-refractivity contribution in [1.29, 1.82) is 5.26 Å². The number of hydrogen-bond acceptors (Lipinski definition) is 3. The number of likely N-dealkylation sites (tertiary alicyclic amines) is 1. The Bertz CT molecular complexity index is 1200. The van der Waals surface area contributed by atoms with E-state index >= 15 is 0 Å². The van der Waals surface area contributed by atoms with Gasteiger partial charge in [-0.3, -0.25) is 4.79 Å². The van der Waals surface area contributed by atoms with Gasteiger partial charge in [0, 0.05) is 35.7 Å². The van der Waals surface area contributed by atoms with Crippen LogP contribution in [0.4, 0.5) is 26.3 Å². The van der Waals surface area contributed by atoms with Gasteiger partial charge in [0.25, 0.3) is 11.5 Å². The highest BCUT2D eigenvalue weighted by molar-refractivity contribution is 6.01. The number of aromatic nitrogens is 1. The molecule has 1 aromatic carbocycles. The van der Waals surface area contributed by atoms with Crippen LogP contribution in [0, 0.1) is 18.3 Å². The lowest BCUT2D eigenvalue weighted by molar-refractivity contribution is -0.376. The molecule has 2 aromatic rings. The van der Waals surface area contributed by atoms with E-state index in [4.69, 9.17) is 0 Å². The molecule has 0 radical (unpaired) electrons. The molecule has 0 aliphatic carbocycles. The van der Waals surface area contributed by atoms with Gasteiger partial charge in [-0.25, -0.2) is 0 Å². The van der Waals surface area contributed by atoms with Gasteiger partial charge in [-0.05, 0) is 61.9 Å². The van der Waals surface area contributed by atoms with E-state index in [0.29, 0.717) is 42.2 Å². The summed E-state index contributed by atoms with van der Waals surface area (Å²) in [5.41, 5.74) is -4.44. The molecular formula is C26H27F6N3O2. The lowest BCUT2D eigenvalue weighted by Gasteiger charge is -2.32. The first-order valence-electron chi connectivity index (χ1n) is 11.7. The van der Waals surface area contributed by atoms with Crippen LogP contribution in [-0.2, 0) is 10.4 Å². The number of carbonyl (C=O) groups excluding carboxylic acids is 1. The van der Waals surface area contributed by atoms with Crippen molar-refractivity contribution in [3.8, 4) is 11.8 Å². The zero-order valence-electron chi connectivity index (χ0n) is 20.5. The van der Waals surface area contributed by atoms with E-state index in [2.05, 4.69) is 0 Å². The third kappa shape index (κ3) is 5.25. The lowest BCUT2D eigenvalue weighted by Crippen LogP contribution is -2.53. The van der Waals surface area contributed by atoms with Crippen LogP contribution in [0.5, 0.6) is 0 Å². The number of hydrogen-bond donors (Lipinski definition) is 1. The van der Waals surface area contributed by atoms with E-state index in [0.717, 1.165) is 31.4 Å². The van der Waals surface area contributed by atoms with E-state index in [1.54, 1.807) is 22.5 Å². The van der Waals surface area contributed by atoms with Crippen LogP contribution < -0.4 is 0 Å². The molecule has 3 rings (SSSR count). The van der Waals surface area contributed by atoms with Crippen LogP contribution in [0.2, 0.25) is 0 Å². The van der Waals surface area contributed by atoms with Gasteiger partial charge in [0.15, 0.2) is 0 Å². The van der Waals surface area contributed by atoms with Crippen molar-refractivity contribution in [1.82, 2.24) is 9.47 Å². The van der Waals surface area contributed by atoms with Gasteiger partial charge in [-0.2, -0.15) is 31.6 Å². The molecular weight excluding hydrogens is 500 g/mol. The maximum atomic E-state index is 13.3. The molecule has 1 saturated heterocycles. The second-order valence-corrected chi connectivity index (χ2v) is 9.38. The number of carbonyl (C=O) groups is 1. The predicted octanol–water partition coefficient (Wildman–Crippen LogP) is 6.14. The van der Waals surface area contributed by atoms with Gasteiger partial charge in [0.1, 0.15) is 11.6 Å². The first-order chi connectivity index (χ1) is 17.1. The second-order valence-electron chi connectivity index (χ2n) is 9.38. The zero-order valence-corrected chi connectivity index (χ0v) is 20.5. The van der Waals surface area contributed by atoms with E-state index in [1.807, 2.05) is 19.9 Å². The Balaban J connectivity index is 2.07. The molecule has 1 fully saturated rings. The van der Waals surface area contributed by atoms with E-state index in [9.17, 15) is 41.5 Å². The number of nitrogens with zero attached hydrogens (tertiary/aromatic N) is 3. The predicted molar refractivity (Wildman–Crippen MR) is 125 cm³/mol. The summed E-state index contributed by atoms with van der Waals surface area (Å²) in [6, 6.07) is 6.99. The van der Waals surface area contributed by atoms with Crippen molar-refractivity contribution >= 4 is 12.0 Å². The zero-order chi connectivity index (χ0) is 27.8.